The fraction of sp³-hybridized carbons (Fsp3) is 0.222. The van der Waals surface area contributed by atoms with E-state index < -0.39 is 5.41 Å². The number of nitrogens with two attached hydrogens (primary N) is 1. The number of methoxy groups -OCH3 is 1. The van der Waals surface area contributed by atoms with Crippen molar-refractivity contribution in [2.24, 2.45) is 5.73 Å². The Labute approximate surface area is 143 Å². The number of hydrogen-bond acceptors (Lipinski definition) is 3. The molecule has 120 valence electrons. The van der Waals surface area contributed by atoms with E-state index in [1.807, 2.05) is 31.2 Å². The molecule has 1 aliphatic rings. The summed E-state index contributed by atoms with van der Waals surface area (Å²) in [6, 6.07) is 11.2. The average Bonchev–Trinajstić information content (AvgIpc) is 2.93. The summed E-state index contributed by atoms with van der Waals surface area (Å²) >= 11 is 3.27. The Bertz CT molecular complexity index is 791. The third kappa shape index (κ3) is 2.70. The summed E-state index contributed by atoms with van der Waals surface area (Å²) in [4.78, 5) is 0. The van der Waals surface area contributed by atoms with Gasteiger partial charge < -0.3 is 15.8 Å². The predicted molar refractivity (Wildman–Crippen MR) is 92.9 cm³/mol. The molecule has 0 saturated heterocycles. The lowest BCUT2D eigenvalue weighted by molar-refractivity contribution is 0.411. The highest BCUT2D eigenvalue weighted by atomic mass is 79.9. The highest BCUT2D eigenvalue weighted by molar-refractivity contribution is 9.10. The standard InChI is InChI=1S/C18H18BrFN2O/c1-11-7-12(4-6-16(11)23-2)18(9-17(21)22-10-18)13-3-5-15(20)14(19)8-13/h3-9,22H,10,21H2,1-2H3. The SMILES string of the molecule is COc1ccc(C2(c3ccc(F)c(Br)c3)C=C(N)NC2)cc1C. The molecule has 1 atom stereocenters. The minimum atomic E-state index is -0.433. The van der Waals surface area contributed by atoms with Crippen LogP contribution in [0.3, 0.4) is 0 Å². The highest BCUT2D eigenvalue weighted by Crippen LogP contribution is 2.39. The zero-order chi connectivity index (χ0) is 16.6. The molecule has 1 unspecified atom stereocenters. The van der Waals surface area contributed by atoms with Gasteiger partial charge in [-0.2, -0.15) is 0 Å². The molecule has 23 heavy (non-hydrogen) atoms. The van der Waals surface area contributed by atoms with Gasteiger partial charge in [-0.25, -0.2) is 4.39 Å². The Morgan fingerprint density at radius 1 is 1.22 bits per heavy atom. The number of halogens is 2. The summed E-state index contributed by atoms with van der Waals surface area (Å²) in [7, 11) is 1.66. The van der Waals surface area contributed by atoms with Crippen LogP contribution in [0.15, 0.2) is 52.8 Å². The summed E-state index contributed by atoms with van der Waals surface area (Å²) in [6.07, 6.45) is 1.99. The van der Waals surface area contributed by atoms with Crippen molar-refractivity contribution in [1.82, 2.24) is 5.32 Å². The minimum Gasteiger partial charge on any atom is -0.496 e. The van der Waals surface area contributed by atoms with Gasteiger partial charge in [0, 0.05) is 6.54 Å². The van der Waals surface area contributed by atoms with Gasteiger partial charge in [0.25, 0.3) is 0 Å². The molecule has 2 aromatic rings. The van der Waals surface area contributed by atoms with Gasteiger partial charge in [-0.3, -0.25) is 0 Å². The molecule has 2 aromatic carbocycles. The molecule has 0 bridgehead atoms. The molecule has 0 saturated carbocycles. The summed E-state index contributed by atoms with van der Waals surface area (Å²) in [6.45, 7) is 2.63. The summed E-state index contributed by atoms with van der Waals surface area (Å²) < 4.78 is 19.4. The van der Waals surface area contributed by atoms with Crippen LogP contribution >= 0.6 is 15.9 Å². The lowest BCUT2D eigenvalue weighted by Crippen LogP contribution is -2.31. The first-order chi connectivity index (χ1) is 11.0. The second kappa shape index (κ2) is 5.89. The number of aryl methyl sites for hydroxylation is 1. The van der Waals surface area contributed by atoms with Crippen LogP contribution < -0.4 is 15.8 Å². The quantitative estimate of drug-likeness (QED) is 0.860. The average molecular weight is 377 g/mol. The van der Waals surface area contributed by atoms with E-state index in [0.717, 1.165) is 22.4 Å². The van der Waals surface area contributed by atoms with E-state index in [-0.39, 0.29) is 5.82 Å². The molecule has 0 fully saturated rings. The van der Waals surface area contributed by atoms with E-state index in [1.165, 1.54) is 6.07 Å². The first-order valence-electron chi connectivity index (χ1n) is 7.29. The second-order valence-electron chi connectivity index (χ2n) is 5.74. The van der Waals surface area contributed by atoms with Crippen molar-refractivity contribution in [2.75, 3.05) is 13.7 Å². The van der Waals surface area contributed by atoms with Gasteiger partial charge in [0.05, 0.1) is 22.8 Å². The largest absolute Gasteiger partial charge is 0.496 e. The summed E-state index contributed by atoms with van der Waals surface area (Å²) in [5.74, 6) is 1.18. The maximum Gasteiger partial charge on any atom is 0.137 e. The number of rotatable bonds is 3. The molecule has 5 heteroatoms. The van der Waals surface area contributed by atoms with Gasteiger partial charge in [0.2, 0.25) is 0 Å². The van der Waals surface area contributed by atoms with Crippen molar-refractivity contribution in [2.45, 2.75) is 12.3 Å². The Kier molecular flexibility index (Phi) is 4.06. The van der Waals surface area contributed by atoms with Crippen LogP contribution in [0.2, 0.25) is 0 Å². The summed E-state index contributed by atoms with van der Waals surface area (Å²) in [5, 5.41) is 3.19. The van der Waals surface area contributed by atoms with Crippen molar-refractivity contribution < 1.29 is 9.13 Å². The van der Waals surface area contributed by atoms with E-state index in [2.05, 4.69) is 27.3 Å². The smallest absolute Gasteiger partial charge is 0.137 e. The first kappa shape index (κ1) is 15.9. The molecule has 3 rings (SSSR count). The van der Waals surface area contributed by atoms with Crippen LogP contribution in [0.5, 0.6) is 5.75 Å². The maximum absolute atomic E-state index is 13.6. The van der Waals surface area contributed by atoms with E-state index in [9.17, 15) is 4.39 Å². The van der Waals surface area contributed by atoms with E-state index in [1.54, 1.807) is 13.2 Å². The predicted octanol–water partition coefficient (Wildman–Crippen LogP) is 3.59. The molecule has 3 N–H and O–H groups in total. The normalized spacial score (nSPS) is 20.1. The van der Waals surface area contributed by atoms with Crippen LogP contribution in [0.25, 0.3) is 0 Å². The Balaban J connectivity index is 2.18. The van der Waals surface area contributed by atoms with Gasteiger partial charge in [0.15, 0.2) is 0 Å². The third-order valence-corrected chi connectivity index (χ3v) is 4.93. The first-order valence-corrected chi connectivity index (χ1v) is 8.08. The molecule has 0 amide bonds. The molecule has 0 aliphatic carbocycles. The number of nitrogens with one attached hydrogen (secondary N) is 1. The summed E-state index contributed by atoms with van der Waals surface area (Å²) in [5.41, 5.74) is 8.66. The molecule has 0 spiro atoms. The molecule has 1 aliphatic heterocycles. The van der Waals surface area contributed by atoms with E-state index in [0.29, 0.717) is 16.8 Å². The van der Waals surface area contributed by atoms with Crippen LogP contribution in [0, 0.1) is 12.7 Å². The van der Waals surface area contributed by atoms with Crippen LogP contribution in [0.1, 0.15) is 16.7 Å². The van der Waals surface area contributed by atoms with Crippen LogP contribution in [-0.4, -0.2) is 13.7 Å². The van der Waals surface area contributed by atoms with E-state index in [4.69, 9.17) is 10.5 Å². The molecule has 0 radical (unpaired) electrons. The lowest BCUT2D eigenvalue weighted by Gasteiger charge is -2.29. The van der Waals surface area contributed by atoms with Gasteiger partial charge in [0.1, 0.15) is 11.6 Å². The molecular weight excluding hydrogens is 359 g/mol. The second-order valence-corrected chi connectivity index (χ2v) is 6.59. The third-order valence-electron chi connectivity index (χ3n) is 4.32. The number of benzene rings is 2. The van der Waals surface area contributed by atoms with Crippen molar-refractivity contribution in [3.63, 3.8) is 0 Å². The van der Waals surface area contributed by atoms with Crippen LogP contribution in [0.4, 0.5) is 4.39 Å². The number of ether oxygens (including phenoxy) is 1. The Morgan fingerprint density at radius 3 is 2.48 bits per heavy atom. The van der Waals surface area contributed by atoms with Gasteiger partial charge in [-0.15, -0.1) is 0 Å². The lowest BCUT2D eigenvalue weighted by atomic mass is 9.75. The number of hydrogen-bond donors (Lipinski definition) is 2. The molecule has 1 heterocycles. The van der Waals surface area contributed by atoms with Crippen LogP contribution in [-0.2, 0) is 5.41 Å². The van der Waals surface area contributed by atoms with Gasteiger partial charge in [-0.1, -0.05) is 18.2 Å². The van der Waals surface area contributed by atoms with Crippen molar-refractivity contribution in [1.29, 1.82) is 0 Å². The monoisotopic (exact) mass is 376 g/mol. The molecular formula is C18H18BrFN2O. The zero-order valence-corrected chi connectivity index (χ0v) is 14.6. The van der Waals surface area contributed by atoms with Crippen molar-refractivity contribution in [3.8, 4) is 5.75 Å². The highest BCUT2D eigenvalue weighted by Gasteiger charge is 2.37. The molecule has 3 nitrogen and oxygen atoms in total. The molecule has 0 aromatic heterocycles. The fourth-order valence-corrected chi connectivity index (χ4v) is 3.45. The van der Waals surface area contributed by atoms with Crippen molar-refractivity contribution in [3.05, 3.63) is 75.3 Å². The minimum absolute atomic E-state index is 0.280. The van der Waals surface area contributed by atoms with Gasteiger partial charge >= 0.3 is 0 Å². The zero-order valence-electron chi connectivity index (χ0n) is 13.0. The topological polar surface area (TPSA) is 47.3 Å². The van der Waals surface area contributed by atoms with E-state index >= 15 is 0 Å². The maximum atomic E-state index is 13.6. The van der Waals surface area contributed by atoms with Gasteiger partial charge in [-0.05, 0) is 63.8 Å². The Hall–Kier alpha value is -2.01. The Morgan fingerprint density at radius 2 is 1.91 bits per heavy atom. The van der Waals surface area contributed by atoms with Crippen molar-refractivity contribution >= 4 is 15.9 Å². The fourth-order valence-electron chi connectivity index (χ4n) is 3.08.